The fraction of sp³-hybridized carbons (Fsp3) is 0.391. The van der Waals surface area contributed by atoms with E-state index in [1.807, 2.05) is 36.4 Å². The molecule has 128 valence electrons. The second-order valence-electron chi connectivity index (χ2n) is 6.47. The number of aryl methyl sites for hydroxylation is 1. The van der Waals surface area contributed by atoms with Crippen LogP contribution in [-0.4, -0.2) is 0 Å². The first-order valence-electron chi connectivity index (χ1n) is 9.31. The molecular formula is C23H29Cl. The number of hydrogen-bond acceptors (Lipinski definition) is 0. The zero-order chi connectivity index (χ0) is 17.0. The second-order valence-corrected chi connectivity index (χ2v) is 6.88. The Hall–Kier alpha value is -1.53. The second kappa shape index (κ2) is 11.1. The lowest BCUT2D eigenvalue weighted by atomic mass is 10.0. The van der Waals surface area contributed by atoms with Gasteiger partial charge in [0.1, 0.15) is 0 Å². The number of rotatable bonds is 10. The summed E-state index contributed by atoms with van der Waals surface area (Å²) in [6.45, 7) is 2.27. The maximum absolute atomic E-state index is 6.40. The van der Waals surface area contributed by atoms with Crippen molar-refractivity contribution in [3.8, 4) is 0 Å². The number of hydrogen-bond donors (Lipinski definition) is 0. The predicted molar refractivity (Wildman–Crippen MR) is 108 cm³/mol. The summed E-state index contributed by atoms with van der Waals surface area (Å²) < 4.78 is 0. The van der Waals surface area contributed by atoms with Crippen molar-refractivity contribution in [1.29, 1.82) is 0 Å². The molecular weight excluding hydrogens is 312 g/mol. The number of unbranched alkanes of at least 4 members (excludes halogenated alkanes) is 6. The predicted octanol–water partition coefficient (Wildman–Crippen LogP) is 7.72. The van der Waals surface area contributed by atoms with Crippen molar-refractivity contribution in [2.45, 2.75) is 58.3 Å². The summed E-state index contributed by atoms with van der Waals surface area (Å²) in [6.07, 6.45) is 12.8. The third kappa shape index (κ3) is 6.93. The van der Waals surface area contributed by atoms with Crippen LogP contribution in [0.2, 0.25) is 0 Å². The molecule has 0 spiro atoms. The number of halogens is 1. The molecule has 0 nitrogen and oxygen atoms in total. The standard InChI is InChI=1S/C23H29Cl/c1-2-3-4-5-6-7-9-12-20-15-17-21(18-16-20)19-23(24)22-13-10-8-11-14-22/h8,10-11,13-19H,2-7,9,12H2,1H3/b23-19-. The molecule has 0 fully saturated rings. The molecule has 2 aromatic carbocycles. The molecule has 0 radical (unpaired) electrons. The molecule has 2 rings (SSSR count). The van der Waals surface area contributed by atoms with Gasteiger partial charge >= 0.3 is 0 Å². The summed E-state index contributed by atoms with van der Waals surface area (Å²) in [7, 11) is 0. The maximum Gasteiger partial charge on any atom is 0.0484 e. The van der Waals surface area contributed by atoms with Gasteiger partial charge in [-0.1, -0.05) is 112 Å². The highest BCUT2D eigenvalue weighted by Crippen LogP contribution is 2.22. The highest BCUT2D eigenvalue weighted by Gasteiger charge is 1.99. The van der Waals surface area contributed by atoms with Crippen molar-refractivity contribution in [2.24, 2.45) is 0 Å². The molecule has 0 aromatic heterocycles. The molecule has 0 heterocycles. The highest BCUT2D eigenvalue weighted by molar-refractivity contribution is 6.51. The molecule has 0 saturated heterocycles. The van der Waals surface area contributed by atoms with Gasteiger partial charge < -0.3 is 0 Å². The maximum atomic E-state index is 6.40. The highest BCUT2D eigenvalue weighted by atomic mass is 35.5. The van der Waals surface area contributed by atoms with Crippen molar-refractivity contribution in [3.05, 3.63) is 71.3 Å². The van der Waals surface area contributed by atoms with Crippen LogP contribution in [0.5, 0.6) is 0 Å². The van der Waals surface area contributed by atoms with E-state index in [-0.39, 0.29) is 0 Å². The fourth-order valence-electron chi connectivity index (χ4n) is 2.89. The molecule has 0 atom stereocenters. The molecule has 1 heteroatoms. The Morgan fingerprint density at radius 2 is 1.42 bits per heavy atom. The molecule has 24 heavy (non-hydrogen) atoms. The van der Waals surface area contributed by atoms with Crippen molar-refractivity contribution in [1.82, 2.24) is 0 Å². The number of benzene rings is 2. The minimum absolute atomic E-state index is 0.787. The van der Waals surface area contributed by atoms with Crippen LogP contribution < -0.4 is 0 Å². The third-order valence-electron chi connectivity index (χ3n) is 4.39. The lowest BCUT2D eigenvalue weighted by Gasteiger charge is -2.04. The van der Waals surface area contributed by atoms with E-state index in [4.69, 9.17) is 11.6 Å². The Balaban J connectivity index is 1.76. The van der Waals surface area contributed by atoms with Gasteiger partial charge in [-0.2, -0.15) is 0 Å². The summed E-state index contributed by atoms with van der Waals surface area (Å²) in [6, 6.07) is 18.9. The van der Waals surface area contributed by atoms with Crippen molar-refractivity contribution >= 4 is 22.7 Å². The van der Waals surface area contributed by atoms with Gasteiger partial charge in [-0.15, -0.1) is 0 Å². The summed E-state index contributed by atoms with van der Waals surface area (Å²) in [5, 5.41) is 0.787. The minimum atomic E-state index is 0.787. The molecule has 0 bridgehead atoms. The van der Waals surface area contributed by atoms with Gasteiger partial charge in [-0.25, -0.2) is 0 Å². The first-order valence-corrected chi connectivity index (χ1v) is 9.69. The molecule has 0 saturated carbocycles. The lowest BCUT2D eigenvalue weighted by Crippen LogP contribution is -1.87. The van der Waals surface area contributed by atoms with E-state index in [2.05, 4.69) is 31.2 Å². The molecule has 0 N–H and O–H groups in total. The Morgan fingerprint density at radius 3 is 2.08 bits per heavy atom. The van der Waals surface area contributed by atoms with E-state index in [9.17, 15) is 0 Å². The fourth-order valence-corrected chi connectivity index (χ4v) is 3.15. The van der Waals surface area contributed by atoms with Crippen LogP contribution in [-0.2, 0) is 6.42 Å². The smallest absolute Gasteiger partial charge is 0.0484 e. The van der Waals surface area contributed by atoms with E-state index in [1.165, 1.54) is 56.9 Å². The van der Waals surface area contributed by atoms with Crippen molar-refractivity contribution in [3.63, 3.8) is 0 Å². The normalized spacial score (nSPS) is 11.7. The molecule has 0 aliphatic heterocycles. The summed E-state index contributed by atoms with van der Waals surface area (Å²) in [5.74, 6) is 0. The average Bonchev–Trinajstić information content (AvgIpc) is 2.63. The SMILES string of the molecule is CCCCCCCCCc1ccc(/C=C(\Cl)c2ccccc2)cc1. The minimum Gasteiger partial charge on any atom is -0.0837 e. The van der Waals surface area contributed by atoms with E-state index in [0.717, 1.165) is 16.2 Å². The average molecular weight is 341 g/mol. The van der Waals surface area contributed by atoms with E-state index in [1.54, 1.807) is 0 Å². The summed E-state index contributed by atoms with van der Waals surface area (Å²) >= 11 is 6.40. The van der Waals surface area contributed by atoms with Crippen LogP contribution in [0.3, 0.4) is 0 Å². The van der Waals surface area contributed by atoms with Gasteiger partial charge in [-0.05, 0) is 35.6 Å². The van der Waals surface area contributed by atoms with Gasteiger partial charge in [-0.3, -0.25) is 0 Å². The monoisotopic (exact) mass is 340 g/mol. The van der Waals surface area contributed by atoms with Gasteiger partial charge in [0.25, 0.3) is 0 Å². The van der Waals surface area contributed by atoms with E-state index < -0.39 is 0 Å². The summed E-state index contributed by atoms with van der Waals surface area (Å²) in [4.78, 5) is 0. The van der Waals surface area contributed by atoms with Crippen LogP contribution in [0.15, 0.2) is 54.6 Å². The third-order valence-corrected chi connectivity index (χ3v) is 4.72. The summed E-state index contributed by atoms with van der Waals surface area (Å²) in [5.41, 5.74) is 3.65. The van der Waals surface area contributed by atoms with Crippen LogP contribution in [0.4, 0.5) is 0 Å². The van der Waals surface area contributed by atoms with Gasteiger partial charge in [0.2, 0.25) is 0 Å². The van der Waals surface area contributed by atoms with E-state index >= 15 is 0 Å². The van der Waals surface area contributed by atoms with Gasteiger partial charge in [0.05, 0.1) is 0 Å². The molecule has 0 aliphatic rings. The quantitative estimate of drug-likeness (QED) is 0.307. The van der Waals surface area contributed by atoms with Crippen molar-refractivity contribution in [2.75, 3.05) is 0 Å². The van der Waals surface area contributed by atoms with Crippen LogP contribution in [0, 0.1) is 0 Å². The molecule has 0 amide bonds. The Bertz CT molecular complexity index is 596. The zero-order valence-corrected chi connectivity index (χ0v) is 15.6. The van der Waals surface area contributed by atoms with Gasteiger partial charge in [0.15, 0.2) is 0 Å². The largest absolute Gasteiger partial charge is 0.0837 e. The zero-order valence-electron chi connectivity index (χ0n) is 14.8. The first kappa shape index (κ1) is 18.8. The molecule has 2 aromatic rings. The lowest BCUT2D eigenvalue weighted by molar-refractivity contribution is 0.589. The molecule has 0 unspecified atom stereocenters. The van der Waals surface area contributed by atoms with Gasteiger partial charge in [0, 0.05) is 5.03 Å². The van der Waals surface area contributed by atoms with Crippen LogP contribution in [0.25, 0.3) is 11.1 Å². The van der Waals surface area contributed by atoms with Crippen molar-refractivity contribution < 1.29 is 0 Å². The van der Waals surface area contributed by atoms with E-state index in [0.29, 0.717) is 0 Å². The van der Waals surface area contributed by atoms with Crippen LogP contribution in [0.1, 0.15) is 68.6 Å². The Labute approximate surface area is 152 Å². The van der Waals surface area contributed by atoms with Crippen LogP contribution >= 0.6 is 11.6 Å². The Morgan fingerprint density at radius 1 is 0.792 bits per heavy atom. The Kier molecular flexibility index (Phi) is 8.70. The molecule has 0 aliphatic carbocycles. The topological polar surface area (TPSA) is 0 Å². The first-order chi connectivity index (χ1) is 11.8.